The Morgan fingerprint density at radius 1 is 0.938 bits per heavy atom. The highest BCUT2D eigenvalue weighted by Crippen LogP contribution is 2.41. The molecular formula is C24H24F3N5. The lowest BCUT2D eigenvalue weighted by molar-refractivity contribution is -0.137. The van der Waals surface area contributed by atoms with Crippen LogP contribution in [0.3, 0.4) is 0 Å². The molecule has 8 heteroatoms. The summed E-state index contributed by atoms with van der Waals surface area (Å²) in [6.45, 7) is 2.71. The second-order valence-corrected chi connectivity index (χ2v) is 8.70. The lowest BCUT2D eigenvalue weighted by Gasteiger charge is -2.21. The average Bonchev–Trinajstić information content (AvgIpc) is 3.32. The maximum atomic E-state index is 13.8. The van der Waals surface area contributed by atoms with E-state index >= 15 is 0 Å². The molecule has 1 saturated heterocycles. The van der Waals surface area contributed by atoms with Crippen LogP contribution in [0.25, 0.3) is 11.3 Å². The van der Waals surface area contributed by atoms with Crippen LogP contribution in [0.2, 0.25) is 0 Å². The van der Waals surface area contributed by atoms with Gasteiger partial charge < -0.3 is 5.32 Å². The van der Waals surface area contributed by atoms with E-state index in [4.69, 9.17) is 0 Å². The van der Waals surface area contributed by atoms with Crippen LogP contribution < -0.4 is 5.32 Å². The van der Waals surface area contributed by atoms with E-state index in [9.17, 15) is 13.2 Å². The van der Waals surface area contributed by atoms with Gasteiger partial charge in [0.25, 0.3) is 0 Å². The van der Waals surface area contributed by atoms with E-state index in [1.54, 1.807) is 30.5 Å². The maximum Gasteiger partial charge on any atom is 0.420 e. The Bertz CT molecular complexity index is 1040. The van der Waals surface area contributed by atoms with E-state index in [1.807, 2.05) is 24.3 Å². The largest absolute Gasteiger partial charge is 0.420 e. The normalized spacial score (nSPS) is 23.3. The minimum Gasteiger partial charge on any atom is -0.365 e. The van der Waals surface area contributed by atoms with Crippen LogP contribution in [0, 0.1) is 11.8 Å². The van der Waals surface area contributed by atoms with Crippen LogP contribution in [0.4, 0.5) is 19.0 Å². The van der Waals surface area contributed by atoms with Gasteiger partial charge in [0.2, 0.25) is 0 Å². The molecule has 0 radical (unpaired) electrons. The SMILES string of the molecule is FC(F)(F)c1cc(-c2ccccc2)nnc1N[C@H]1C[C@@H]2CN(Cc3ccccn3)C[C@@H]2C1. The van der Waals surface area contributed by atoms with Crippen LogP contribution in [0.1, 0.15) is 24.1 Å². The molecule has 0 bridgehead atoms. The van der Waals surface area contributed by atoms with Crippen molar-refractivity contribution in [3.8, 4) is 11.3 Å². The third kappa shape index (κ3) is 4.46. The molecule has 5 nitrogen and oxygen atoms in total. The monoisotopic (exact) mass is 439 g/mol. The van der Waals surface area contributed by atoms with Crippen molar-refractivity contribution in [1.29, 1.82) is 0 Å². The lowest BCUT2D eigenvalue weighted by Crippen LogP contribution is -2.26. The van der Waals surface area contributed by atoms with Gasteiger partial charge in [-0.15, -0.1) is 10.2 Å². The van der Waals surface area contributed by atoms with Crippen molar-refractivity contribution in [1.82, 2.24) is 20.1 Å². The predicted molar refractivity (Wildman–Crippen MR) is 116 cm³/mol. The van der Waals surface area contributed by atoms with Gasteiger partial charge in [0.05, 0.1) is 11.4 Å². The van der Waals surface area contributed by atoms with Crippen LogP contribution >= 0.6 is 0 Å². The summed E-state index contributed by atoms with van der Waals surface area (Å²) < 4.78 is 41.4. The number of hydrogen-bond acceptors (Lipinski definition) is 5. The molecule has 1 aromatic carbocycles. The molecule has 1 aliphatic heterocycles. The highest BCUT2D eigenvalue weighted by Gasteiger charge is 2.42. The molecule has 1 N–H and O–H groups in total. The zero-order valence-corrected chi connectivity index (χ0v) is 17.5. The number of rotatable bonds is 5. The van der Waals surface area contributed by atoms with Crippen molar-refractivity contribution in [2.45, 2.75) is 31.6 Å². The molecule has 1 saturated carbocycles. The summed E-state index contributed by atoms with van der Waals surface area (Å²) in [6.07, 6.45) is -1.03. The fourth-order valence-electron chi connectivity index (χ4n) is 5.02. The van der Waals surface area contributed by atoms with Gasteiger partial charge in [-0.1, -0.05) is 36.4 Å². The minimum atomic E-state index is -4.50. The summed E-state index contributed by atoms with van der Waals surface area (Å²) in [6, 6.07) is 15.8. The molecule has 2 fully saturated rings. The summed E-state index contributed by atoms with van der Waals surface area (Å²) >= 11 is 0. The van der Waals surface area contributed by atoms with Crippen molar-refractivity contribution in [3.63, 3.8) is 0 Å². The van der Waals surface area contributed by atoms with Crippen molar-refractivity contribution >= 4 is 5.82 Å². The molecule has 0 unspecified atom stereocenters. The number of fused-ring (bicyclic) bond motifs is 1. The Kier molecular flexibility index (Phi) is 5.55. The Hall–Kier alpha value is -3.00. The molecule has 5 rings (SSSR count). The maximum absolute atomic E-state index is 13.8. The number of hydrogen-bond donors (Lipinski definition) is 1. The first kappa shape index (κ1) is 20.9. The first-order valence-corrected chi connectivity index (χ1v) is 10.8. The number of nitrogens with zero attached hydrogens (tertiary/aromatic N) is 4. The third-order valence-corrected chi connectivity index (χ3v) is 6.45. The van der Waals surface area contributed by atoms with Crippen LogP contribution in [0.15, 0.2) is 60.8 Å². The number of pyridine rings is 1. The molecular weight excluding hydrogens is 415 g/mol. The Labute approximate surface area is 184 Å². The molecule has 2 aliphatic rings. The van der Waals surface area contributed by atoms with E-state index in [-0.39, 0.29) is 17.6 Å². The number of benzene rings is 1. The van der Waals surface area contributed by atoms with Gasteiger partial charge in [-0.3, -0.25) is 9.88 Å². The number of halogens is 3. The molecule has 0 spiro atoms. The summed E-state index contributed by atoms with van der Waals surface area (Å²) in [7, 11) is 0. The average molecular weight is 439 g/mol. The quantitative estimate of drug-likeness (QED) is 0.614. The summed E-state index contributed by atoms with van der Waals surface area (Å²) in [5.41, 5.74) is 1.11. The number of likely N-dealkylation sites (tertiary alicyclic amines) is 1. The van der Waals surface area contributed by atoms with Gasteiger partial charge in [-0.25, -0.2) is 0 Å². The Morgan fingerprint density at radius 3 is 2.31 bits per heavy atom. The lowest BCUT2D eigenvalue weighted by atomic mass is 10.0. The van der Waals surface area contributed by atoms with Crippen molar-refractivity contribution in [2.75, 3.05) is 18.4 Å². The molecule has 166 valence electrons. The zero-order valence-electron chi connectivity index (χ0n) is 17.5. The van der Waals surface area contributed by atoms with Crippen LogP contribution in [-0.4, -0.2) is 39.2 Å². The molecule has 0 amide bonds. The smallest absolute Gasteiger partial charge is 0.365 e. The second-order valence-electron chi connectivity index (χ2n) is 8.70. The van der Waals surface area contributed by atoms with Crippen molar-refractivity contribution in [3.05, 3.63) is 72.1 Å². The molecule has 3 heterocycles. The molecule has 1 aliphatic carbocycles. The minimum absolute atomic E-state index is 0.0278. The van der Waals surface area contributed by atoms with Gasteiger partial charge >= 0.3 is 6.18 Å². The second kappa shape index (κ2) is 8.50. The molecule has 3 atom stereocenters. The molecule has 3 aromatic rings. The Morgan fingerprint density at radius 2 is 1.66 bits per heavy atom. The fourth-order valence-corrected chi connectivity index (χ4v) is 5.02. The summed E-state index contributed by atoms with van der Waals surface area (Å²) in [5, 5.41) is 11.1. The van der Waals surface area contributed by atoms with Crippen LogP contribution in [-0.2, 0) is 12.7 Å². The molecule has 32 heavy (non-hydrogen) atoms. The zero-order chi connectivity index (χ0) is 22.1. The van der Waals surface area contributed by atoms with E-state index in [1.165, 1.54) is 0 Å². The number of aromatic nitrogens is 3. The van der Waals surface area contributed by atoms with Gasteiger partial charge in [-0.2, -0.15) is 13.2 Å². The van der Waals surface area contributed by atoms with Gasteiger partial charge in [0.1, 0.15) is 5.56 Å². The van der Waals surface area contributed by atoms with Crippen LogP contribution in [0.5, 0.6) is 0 Å². The van der Waals surface area contributed by atoms with Gasteiger partial charge in [0.15, 0.2) is 5.82 Å². The fraction of sp³-hybridized carbons (Fsp3) is 0.375. The standard InChI is InChI=1S/C24H24F3N5/c25-24(26,27)21-12-22(16-6-2-1-3-7-16)30-31-23(21)29-20-10-17-13-32(14-18(17)11-20)15-19-8-4-5-9-28-19/h1-9,12,17-18,20H,10-11,13-15H2,(H,29,31)/t17-,18+,20+. The highest BCUT2D eigenvalue weighted by atomic mass is 19.4. The van der Waals surface area contributed by atoms with Crippen molar-refractivity contribution < 1.29 is 13.2 Å². The number of anilines is 1. The van der Waals surface area contributed by atoms with E-state index < -0.39 is 11.7 Å². The number of nitrogens with one attached hydrogen (secondary N) is 1. The first-order chi connectivity index (χ1) is 15.5. The summed E-state index contributed by atoms with van der Waals surface area (Å²) in [5.74, 6) is 0.775. The predicted octanol–water partition coefficient (Wildman–Crippen LogP) is 4.88. The van der Waals surface area contributed by atoms with Gasteiger partial charge in [0, 0.05) is 37.4 Å². The van der Waals surface area contributed by atoms with Gasteiger partial charge in [-0.05, 0) is 42.9 Å². The topological polar surface area (TPSA) is 53.9 Å². The van der Waals surface area contributed by atoms with E-state index in [0.717, 1.165) is 44.2 Å². The third-order valence-electron chi connectivity index (χ3n) is 6.45. The highest BCUT2D eigenvalue weighted by molar-refractivity contribution is 5.62. The Balaban J connectivity index is 1.26. The first-order valence-electron chi connectivity index (χ1n) is 10.8. The molecule has 2 aromatic heterocycles. The summed E-state index contributed by atoms with van der Waals surface area (Å²) in [4.78, 5) is 6.79. The number of alkyl halides is 3. The van der Waals surface area contributed by atoms with E-state index in [0.29, 0.717) is 17.4 Å². The van der Waals surface area contributed by atoms with Crippen molar-refractivity contribution in [2.24, 2.45) is 11.8 Å². The van der Waals surface area contributed by atoms with E-state index in [2.05, 4.69) is 25.4 Å².